The fraction of sp³-hybridized carbons (Fsp3) is 0.722. The Kier molecular flexibility index (Phi) is 9.25. The third-order valence-electron chi connectivity index (χ3n) is 11.6. The van der Waals surface area contributed by atoms with Crippen LogP contribution in [0.25, 0.3) is 0 Å². The van der Waals surface area contributed by atoms with Crippen molar-refractivity contribution in [2.45, 2.75) is 135 Å². The highest BCUT2D eigenvalue weighted by Gasteiger charge is 2.57. The Hall–Kier alpha value is -2.18. The Morgan fingerprint density at radius 2 is 1.98 bits per heavy atom. The minimum Gasteiger partial charge on any atom is -0.461 e. The van der Waals surface area contributed by atoms with Crippen LogP contribution in [0.5, 0.6) is 0 Å². The van der Waals surface area contributed by atoms with Crippen molar-refractivity contribution < 1.29 is 24.2 Å². The van der Waals surface area contributed by atoms with E-state index in [4.69, 9.17) is 9.15 Å². The summed E-state index contributed by atoms with van der Waals surface area (Å²) in [6, 6.07) is 0. The summed E-state index contributed by atoms with van der Waals surface area (Å²) in [6.07, 6.45) is 16.2. The maximum Gasteiger partial charge on any atom is 0.308 e. The predicted molar refractivity (Wildman–Crippen MR) is 165 cm³/mol. The number of nitrogens with zero attached hydrogens (tertiary/aromatic N) is 1. The maximum absolute atomic E-state index is 13.0. The molecule has 5 rings (SSSR count). The second kappa shape index (κ2) is 12.4. The number of aromatic nitrogens is 1. The van der Waals surface area contributed by atoms with Gasteiger partial charge in [0.25, 0.3) is 0 Å². The Morgan fingerprint density at radius 3 is 2.64 bits per heavy atom. The van der Waals surface area contributed by atoms with Crippen molar-refractivity contribution in [3.05, 3.63) is 53.3 Å². The van der Waals surface area contributed by atoms with Crippen LogP contribution < -0.4 is 0 Å². The molecule has 0 amide bonds. The Bertz CT molecular complexity index is 1210. The van der Waals surface area contributed by atoms with Crippen molar-refractivity contribution >= 4 is 5.97 Å². The third-order valence-corrected chi connectivity index (χ3v) is 11.6. The number of ether oxygens (including phenoxy) is 1. The van der Waals surface area contributed by atoms with Crippen LogP contribution in [-0.2, 0) is 14.9 Å². The summed E-state index contributed by atoms with van der Waals surface area (Å²) >= 11 is 0. The minimum absolute atomic E-state index is 0.102. The van der Waals surface area contributed by atoms with E-state index < -0.39 is 12.2 Å². The number of carbonyl (C=O) groups is 1. The van der Waals surface area contributed by atoms with Crippen LogP contribution in [0.2, 0.25) is 0 Å². The molecule has 0 spiro atoms. The predicted octanol–water partition coefficient (Wildman–Crippen LogP) is 7.53. The van der Waals surface area contributed by atoms with Crippen LogP contribution in [0.3, 0.4) is 0 Å². The standard InChI is InChI=1S/C36H53NO5/c1-7-22(2)33(40)42-32(36(17-18-36)34-37-24(4)21-41-34)15-10-23(3)29-13-14-30-26(9-8-16-35(29,30)6)11-12-27-19-28(38)20-31(39)25(27)5/h11-12,21-23,28-32,38-39H,5,7-10,13-20H2,1-4,6H3/t22?,23-,28-,29-,30+,31+,32-,35-/m1/s1. The molecule has 4 aliphatic rings. The topological polar surface area (TPSA) is 92.8 Å². The van der Waals surface area contributed by atoms with Gasteiger partial charge in [-0.3, -0.25) is 4.79 Å². The van der Waals surface area contributed by atoms with Crippen molar-refractivity contribution in [1.82, 2.24) is 4.98 Å². The molecule has 6 heteroatoms. The lowest BCUT2D eigenvalue weighted by molar-refractivity contribution is -0.156. The number of oxazole rings is 1. The monoisotopic (exact) mass is 579 g/mol. The van der Waals surface area contributed by atoms with Gasteiger partial charge in [-0.2, -0.15) is 0 Å². The van der Waals surface area contributed by atoms with Crippen LogP contribution in [-0.4, -0.2) is 39.5 Å². The van der Waals surface area contributed by atoms with Gasteiger partial charge in [-0.25, -0.2) is 4.98 Å². The normalized spacial score (nSPS) is 34.7. The molecule has 2 N–H and O–H groups in total. The van der Waals surface area contributed by atoms with Crippen molar-refractivity contribution in [1.29, 1.82) is 0 Å². The average Bonchev–Trinajstić information content (AvgIpc) is 3.51. The Morgan fingerprint density at radius 1 is 1.21 bits per heavy atom. The van der Waals surface area contributed by atoms with Gasteiger partial charge in [-0.15, -0.1) is 0 Å². The van der Waals surface area contributed by atoms with Crippen molar-refractivity contribution in [3.8, 4) is 0 Å². The first-order valence-corrected chi connectivity index (χ1v) is 16.6. The van der Waals surface area contributed by atoms with Crippen LogP contribution in [0.1, 0.15) is 116 Å². The van der Waals surface area contributed by atoms with Crippen molar-refractivity contribution in [2.75, 3.05) is 0 Å². The minimum atomic E-state index is -0.651. The number of rotatable bonds is 10. The van der Waals surface area contributed by atoms with Crippen LogP contribution in [0, 0.1) is 36.0 Å². The first-order valence-electron chi connectivity index (χ1n) is 16.6. The highest BCUT2D eigenvalue weighted by molar-refractivity contribution is 5.72. The highest BCUT2D eigenvalue weighted by Crippen LogP contribution is 2.60. The van der Waals surface area contributed by atoms with E-state index in [0.29, 0.717) is 30.6 Å². The van der Waals surface area contributed by atoms with Gasteiger partial charge in [-0.05, 0) is 112 Å². The lowest BCUT2D eigenvalue weighted by Crippen LogP contribution is -2.37. The maximum atomic E-state index is 13.0. The van der Waals surface area contributed by atoms with Crippen molar-refractivity contribution in [2.24, 2.45) is 29.1 Å². The molecular weight excluding hydrogens is 526 g/mol. The summed E-state index contributed by atoms with van der Waals surface area (Å²) in [4.78, 5) is 17.7. The molecule has 4 aliphatic carbocycles. The number of aryl methyl sites for hydroxylation is 1. The van der Waals surface area contributed by atoms with E-state index in [-0.39, 0.29) is 28.8 Å². The van der Waals surface area contributed by atoms with Gasteiger partial charge in [0.1, 0.15) is 12.4 Å². The lowest BCUT2D eigenvalue weighted by atomic mass is 9.60. The van der Waals surface area contributed by atoms with E-state index in [9.17, 15) is 15.0 Å². The summed E-state index contributed by atoms with van der Waals surface area (Å²) in [5.41, 5.74) is 4.11. The van der Waals surface area contributed by atoms with Gasteiger partial charge < -0.3 is 19.4 Å². The summed E-state index contributed by atoms with van der Waals surface area (Å²) in [5, 5.41) is 20.5. The molecule has 1 aromatic heterocycles. The number of aliphatic hydroxyl groups is 2. The molecule has 0 radical (unpaired) electrons. The number of allylic oxidation sites excluding steroid dienone is 3. The second-order valence-corrected chi connectivity index (χ2v) is 14.4. The summed E-state index contributed by atoms with van der Waals surface area (Å²) < 4.78 is 12.2. The molecule has 0 saturated heterocycles. The van der Waals surface area contributed by atoms with Crippen molar-refractivity contribution in [3.63, 3.8) is 0 Å². The quantitative estimate of drug-likeness (QED) is 0.278. The molecule has 4 fully saturated rings. The van der Waals surface area contributed by atoms with E-state index in [1.807, 2.05) is 20.8 Å². The van der Waals surface area contributed by atoms with E-state index in [0.717, 1.165) is 61.3 Å². The average molecular weight is 580 g/mol. The molecule has 0 bridgehead atoms. The molecule has 0 aliphatic heterocycles. The SMILES string of the molecule is C=C1C(=CC=C2CCC[C@]3(C)[C@@H]([C@H](C)CC[C@@H](OC(=O)C(C)CC)C4(c5nc(C)co5)CC4)CC[C@@H]23)C[C@@H](O)C[C@@H]1O. The van der Waals surface area contributed by atoms with Gasteiger partial charge >= 0.3 is 5.97 Å². The van der Waals surface area contributed by atoms with E-state index in [1.54, 1.807) is 6.26 Å². The molecule has 1 aromatic rings. The first kappa shape index (κ1) is 31.3. The number of fused-ring (bicyclic) bond motifs is 1. The Labute approximate surface area is 252 Å². The van der Waals surface area contributed by atoms with Gasteiger partial charge in [0.2, 0.25) is 5.89 Å². The molecule has 4 saturated carbocycles. The Balaban J connectivity index is 1.29. The lowest BCUT2D eigenvalue weighted by Gasteiger charge is -2.44. The zero-order valence-corrected chi connectivity index (χ0v) is 26.5. The van der Waals surface area contributed by atoms with Crippen LogP contribution >= 0.6 is 0 Å². The van der Waals surface area contributed by atoms with Gasteiger partial charge in [0, 0.05) is 6.42 Å². The number of hydrogen-bond donors (Lipinski definition) is 2. The number of aliphatic hydroxyl groups excluding tert-OH is 2. The summed E-state index contributed by atoms with van der Waals surface area (Å²) in [5.74, 6) is 2.23. The molecule has 42 heavy (non-hydrogen) atoms. The zero-order chi connectivity index (χ0) is 30.2. The largest absolute Gasteiger partial charge is 0.461 e. The number of hydrogen-bond acceptors (Lipinski definition) is 6. The summed E-state index contributed by atoms with van der Waals surface area (Å²) in [6.45, 7) is 15.0. The second-order valence-electron chi connectivity index (χ2n) is 14.4. The van der Waals surface area contributed by atoms with Gasteiger partial charge in [0.15, 0.2) is 0 Å². The molecule has 6 nitrogen and oxygen atoms in total. The van der Waals surface area contributed by atoms with E-state index >= 15 is 0 Å². The fourth-order valence-electron chi connectivity index (χ4n) is 8.56. The molecule has 1 heterocycles. The van der Waals surface area contributed by atoms with Gasteiger partial charge in [0.05, 0.1) is 29.2 Å². The van der Waals surface area contributed by atoms with Crippen LogP contribution in [0.15, 0.2) is 46.1 Å². The highest BCUT2D eigenvalue weighted by atomic mass is 16.5. The third kappa shape index (κ3) is 6.08. The fourth-order valence-corrected chi connectivity index (χ4v) is 8.56. The number of carbonyl (C=O) groups excluding carboxylic acids is 1. The molecular formula is C36H53NO5. The molecule has 1 unspecified atom stereocenters. The van der Waals surface area contributed by atoms with Gasteiger partial charge in [-0.1, -0.05) is 52.0 Å². The first-order chi connectivity index (χ1) is 20.0. The number of esters is 1. The molecule has 8 atom stereocenters. The van der Waals surface area contributed by atoms with Crippen LogP contribution in [0.4, 0.5) is 0 Å². The van der Waals surface area contributed by atoms with E-state index in [1.165, 1.54) is 31.3 Å². The smallest absolute Gasteiger partial charge is 0.308 e. The molecule has 232 valence electrons. The zero-order valence-electron chi connectivity index (χ0n) is 26.5. The summed E-state index contributed by atoms with van der Waals surface area (Å²) in [7, 11) is 0. The van der Waals surface area contributed by atoms with E-state index in [2.05, 4.69) is 37.6 Å². The molecule has 0 aromatic carbocycles.